The van der Waals surface area contributed by atoms with Crippen LogP contribution in [0, 0.1) is 5.92 Å². The van der Waals surface area contributed by atoms with Gasteiger partial charge in [0.1, 0.15) is 0 Å². The van der Waals surface area contributed by atoms with E-state index in [-0.39, 0.29) is 0 Å². The molecule has 0 fully saturated rings. The number of carboxylic acid groups (broad SMARTS) is 1. The lowest BCUT2D eigenvalue weighted by Gasteiger charge is -2.03. The van der Waals surface area contributed by atoms with E-state index in [0.717, 1.165) is 12.8 Å². The molecule has 0 N–H and O–H groups in total. The standard InChI is InChI=1S/C9H16O2/c1-7(2)5-4-6-8(3)9(10)11/h6-7H,4-5H2,1-3H3,(H,10,11)/p-1/b8-6+. The molecule has 0 aromatic heterocycles. The highest BCUT2D eigenvalue weighted by Crippen LogP contribution is 2.05. The third kappa shape index (κ3) is 5.64. The zero-order chi connectivity index (χ0) is 8.85. The zero-order valence-corrected chi connectivity index (χ0v) is 7.39. The van der Waals surface area contributed by atoms with Crippen LogP contribution in [0.15, 0.2) is 11.6 Å². The molecule has 0 radical (unpaired) electrons. The molecule has 0 saturated heterocycles. The number of aliphatic carboxylic acids is 1. The molecule has 0 heterocycles. The second-order valence-electron chi connectivity index (χ2n) is 3.15. The fourth-order valence-corrected chi connectivity index (χ4v) is 0.717. The zero-order valence-electron chi connectivity index (χ0n) is 7.39. The third-order valence-corrected chi connectivity index (χ3v) is 1.52. The maximum Gasteiger partial charge on any atom is 0.0668 e. The lowest BCUT2D eigenvalue weighted by molar-refractivity contribution is -0.299. The van der Waals surface area contributed by atoms with Crippen molar-refractivity contribution in [3.63, 3.8) is 0 Å². The van der Waals surface area contributed by atoms with Gasteiger partial charge in [-0.25, -0.2) is 0 Å². The van der Waals surface area contributed by atoms with Crippen molar-refractivity contribution in [2.24, 2.45) is 5.92 Å². The van der Waals surface area contributed by atoms with Crippen molar-refractivity contribution in [3.8, 4) is 0 Å². The highest BCUT2D eigenvalue weighted by atomic mass is 16.4. The van der Waals surface area contributed by atoms with E-state index in [1.165, 1.54) is 0 Å². The van der Waals surface area contributed by atoms with Gasteiger partial charge in [0, 0.05) is 0 Å². The maximum atomic E-state index is 10.2. The van der Waals surface area contributed by atoms with Crippen LogP contribution >= 0.6 is 0 Å². The molecule has 0 amide bonds. The van der Waals surface area contributed by atoms with Gasteiger partial charge in [-0.15, -0.1) is 0 Å². The fraction of sp³-hybridized carbons (Fsp3) is 0.667. The lowest BCUT2D eigenvalue weighted by atomic mass is 10.1. The first-order valence-corrected chi connectivity index (χ1v) is 3.92. The summed E-state index contributed by atoms with van der Waals surface area (Å²) in [5, 5.41) is 10.2. The molecule has 0 bridgehead atoms. The fourth-order valence-electron chi connectivity index (χ4n) is 0.717. The lowest BCUT2D eigenvalue weighted by Crippen LogP contribution is -2.22. The molecule has 0 saturated carbocycles. The molecule has 0 spiro atoms. The van der Waals surface area contributed by atoms with E-state index in [0.29, 0.717) is 11.5 Å². The number of allylic oxidation sites excluding steroid dienone is 1. The predicted octanol–water partition coefficient (Wildman–Crippen LogP) is 1.12. The van der Waals surface area contributed by atoms with Gasteiger partial charge in [0.2, 0.25) is 0 Å². The Morgan fingerprint density at radius 3 is 2.45 bits per heavy atom. The van der Waals surface area contributed by atoms with Gasteiger partial charge in [-0.05, 0) is 31.3 Å². The normalized spacial score (nSPS) is 12.2. The van der Waals surface area contributed by atoms with Crippen LogP contribution in [-0.2, 0) is 4.79 Å². The molecule has 0 rings (SSSR count). The number of hydrogen-bond acceptors (Lipinski definition) is 2. The Morgan fingerprint density at radius 1 is 1.55 bits per heavy atom. The molecule has 0 atom stereocenters. The largest absolute Gasteiger partial charge is 0.545 e. The minimum atomic E-state index is -1.06. The molecule has 2 heteroatoms. The van der Waals surface area contributed by atoms with Gasteiger partial charge in [0.25, 0.3) is 0 Å². The minimum Gasteiger partial charge on any atom is -0.545 e. The number of rotatable bonds is 4. The summed E-state index contributed by atoms with van der Waals surface area (Å²) in [6.07, 6.45) is 3.58. The summed E-state index contributed by atoms with van der Waals surface area (Å²) in [4.78, 5) is 10.2. The Bertz CT molecular complexity index is 157. The van der Waals surface area contributed by atoms with E-state index in [1.807, 2.05) is 0 Å². The summed E-state index contributed by atoms with van der Waals surface area (Å²) in [6.45, 7) is 5.79. The van der Waals surface area contributed by atoms with E-state index in [4.69, 9.17) is 0 Å². The Kier molecular flexibility index (Phi) is 4.59. The molecule has 2 nitrogen and oxygen atoms in total. The van der Waals surface area contributed by atoms with Crippen molar-refractivity contribution < 1.29 is 9.90 Å². The first kappa shape index (κ1) is 10.2. The summed E-state index contributed by atoms with van der Waals surface area (Å²) in [7, 11) is 0. The van der Waals surface area contributed by atoms with Gasteiger partial charge in [-0.2, -0.15) is 0 Å². The average Bonchev–Trinajstić information content (AvgIpc) is 1.86. The van der Waals surface area contributed by atoms with Crippen LogP contribution in [0.3, 0.4) is 0 Å². The smallest absolute Gasteiger partial charge is 0.0668 e. The van der Waals surface area contributed by atoms with Gasteiger partial charge in [-0.3, -0.25) is 0 Å². The van der Waals surface area contributed by atoms with E-state index >= 15 is 0 Å². The highest BCUT2D eigenvalue weighted by Gasteiger charge is 1.92. The molecule has 0 aliphatic carbocycles. The summed E-state index contributed by atoms with van der Waals surface area (Å²) in [5.74, 6) is -0.436. The second-order valence-corrected chi connectivity index (χ2v) is 3.15. The topological polar surface area (TPSA) is 40.1 Å². The molecule has 0 unspecified atom stereocenters. The van der Waals surface area contributed by atoms with Crippen LogP contribution < -0.4 is 5.11 Å². The second kappa shape index (κ2) is 4.94. The molecule has 0 aromatic rings. The van der Waals surface area contributed by atoms with E-state index in [9.17, 15) is 9.90 Å². The van der Waals surface area contributed by atoms with E-state index in [2.05, 4.69) is 13.8 Å². The SMILES string of the molecule is C/C(=C\CCC(C)C)C(=O)[O-]. The van der Waals surface area contributed by atoms with Crippen molar-refractivity contribution in [3.05, 3.63) is 11.6 Å². The molecular formula is C9H15O2-. The minimum absolute atomic E-state index is 0.339. The molecule has 64 valence electrons. The van der Waals surface area contributed by atoms with Crippen LogP contribution in [0.25, 0.3) is 0 Å². The number of carbonyl (C=O) groups excluding carboxylic acids is 1. The van der Waals surface area contributed by atoms with Crippen LogP contribution in [0.5, 0.6) is 0 Å². The van der Waals surface area contributed by atoms with Crippen molar-refractivity contribution in [1.82, 2.24) is 0 Å². The first-order chi connectivity index (χ1) is 5.04. The average molecular weight is 155 g/mol. The van der Waals surface area contributed by atoms with Gasteiger partial charge in [0.15, 0.2) is 0 Å². The Morgan fingerprint density at radius 2 is 2.09 bits per heavy atom. The summed E-state index contributed by atoms with van der Waals surface area (Å²) >= 11 is 0. The molecule has 11 heavy (non-hydrogen) atoms. The van der Waals surface area contributed by atoms with Crippen LogP contribution in [-0.4, -0.2) is 5.97 Å². The molecule has 0 aliphatic heterocycles. The van der Waals surface area contributed by atoms with Crippen molar-refractivity contribution in [2.75, 3.05) is 0 Å². The molecule has 0 aliphatic rings. The molecule has 0 aromatic carbocycles. The Balaban J connectivity index is 3.65. The third-order valence-electron chi connectivity index (χ3n) is 1.52. The van der Waals surface area contributed by atoms with Crippen LogP contribution in [0.4, 0.5) is 0 Å². The number of hydrogen-bond donors (Lipinski definition) is 0. The summed E-state index contributed by atoms with van der Waals surface area (Å²) in [6, 6.07) is 0. The quantitative estimate of drug-likeness (QED) is 0.571. The summed E-state index contributed by atoms with van der Waals surface area (Å²) < 4.78 is 0. The molecular weight excluding hydrogens is 140 g/mol. The van der Waals surface area contributed by atoms with E-state index < -0.39 is 5.97 Å². The number of carboxylic acids is 1. The van der Waals surface area contributed by atoms with Gasteiger partial charge in [-0.1, -0.05) is 19.9 Å². The van der Waals surface area contributed by atoms with Crippen LogP contribution in [0.1, 0.15) is 33.6 Å². The van der Waals surface area contributed by atoms with Gasteiger partial charge in [0.05, 0.1) is 5.97 Å². The predicted molar refractivity (Wildman–Crippen MR) is 42.8 cm³/mol. The van der Waals surface area contributed by atoms with Gasteiger partial charge >= 0.3 is 0 Å². The van der Waals surface area contributed by atoms with Gasteiger partial charge < -0.3 is 9.90 Å². The maximum absolute atomic E-state index is 10.2. The first-order valence-electron chi connectivity index (χ1n) is 3.92. The van der Waals surface area contributed by atoms with Crippen molar-refractivity contribution in [1.29, 1.82) is 0 Å². The van der Waals surface area contributed by atoms with Crippen LogP contribution in [0.2, 0.25) is 0 Å². The highest BCUT2D eigenvalue weighted by molar-refractivity contribution is 5.83. The Labute approximate surface area is 67.9 Å². The van der Waals surface area contributed by atoms with Crippen molar-refractivity contribution >= 4 is 5.97 Å². The number of carbonyl (C=O) groups is 1. The van der Waals surface area contributed by atoms with Crippen molar-refractivity contribution in [2.45, 2.75) is 33.6 Å². The summed E-state index contributed by atoms with van der Waals surface area (Å²) in [5.41, 5.74) is 0.339. The monoisotopic (exact) mass is 155 g/mol. The Hall–Kier alpha value is -0.790. The van der Waals surface area contributed by atoms with E-state index in [1.54, 1.807) is 13.0 Å².